The predicted octanol–water partition coefficient (Wildman–Crippen LogP) is 2.09. The van der Waals surface area contributed by atoms with Gasteiger partial charge >= 0.3 is 0 Å². The molecular weight excluding hydrogens is 166 g/mol. The van der Waals surface area contributed by atoms with Crippen molar-refractivity contribution in [2.24, 2.45) is 5.73 Å². The van der Waals surface area contributed by atoms with E-state index >= 15 is 0 Å². The summed E-state index contributed by atoms with van der Waals surface area (Å²) in [5, 5.41) is 0. The van der Waals surface area contributed by atoms with Crippen molar-refractivity contribution in [2.75, 3.05) is 6.61 Å². The Morgan fingerprint density at radius 3 is 1.85 bits per heavy atom. The molecule has 2 N–H and O–H groups in total. The number of carbonyl (C=O) groups is 1. The molecule has 0 aliphatic rings. The van der Waals surface area contributed by atoms with E-state index in [0.29, 0.717) is 19.1 Å². The van der Waals surface area contributed by atoms with Gasteiger partial charge in [-0.15, -0.1) is 0 Å². The minimum atomic E-state index is 0.431. The van der Waals surface area contributed by atoms with E-state index in [1.807, 2.05) is 0 Å². The Balaban J connectivity index is 0. The zero-order valence-corrected chi connectivity index (χ0v) is 9.08. The number of rotatable bonds is 6. The molecule has 0 amide bonds. The molecule has 0 aliphatic heterocycles. The van der Waals surface area contributed by atoms with E-state index in [1.165, 1.54) is 25.7 Å². The minimum absolute atomic E-state index is 0.431. The molecule has 0 spiro atoms. The van der Waals surface area contributed by atoms with Gasteiger partial charge < -0.3 is 10.5 Å². The van der Waals surface area contributed by atoms with Crippen LogP contribution in [0.2, 0.25) is 0 Å². The van der Waals surface area contributed by atoms with E-state index in [4.69, 9.17) is 5.73 Å². The van der Waals surface area contributed by atoms with Crippen LogP contribution < -0.4 is 5.73 Å². The average molecular weight is 189 g/mol. The van der Waals surface area contributed by atoms with Crippen LogP contribution in [0.15, 0.2) is 0 Å². The first-order valence-corrected chi connectivity index (χ1v) is 5.03. The zero-order chi connectivity index (χ0) is 10.5. The van der Waals surface area contributed by atoms with Gasteiger partial charge in [0.2, 0.25) is 0 Å². The normalized spacial score (nSPS) is 9.00. The summed E-state index contributed by atoms with van der Waals surface area (Å²) < 4.78 is 4.15. The Morgan fingerprint density at radius 2 is 1.69 bits per heavy atom. The van der Waals surface area contributed by atoms with Crippen molar-refractivity contribution < 1.29 is 9.53 Å². The second-order valence-corrected chi connectivity index (χ2v) is 2.89. The molecule has 0 aromatic rings. The van der Waals surface area contributed by atoms with Crippen LogP contribution in [0.25, 0.3) is 0 Å². The van der Waals surface area contributed by atoms with E-state index < -0.39 is 0 Å². The standard InChI is InChI=1S/C7H17N.C3H6O2/c1-3-5-7(8)6-4-2;1-2-5-3-4/h7H,3-6,8H2,1-2H3;3H,2H2,1H3. The van der Waals surface area contributed by atoms with Gasteiger partial charge in [0.1, 0.15) is 0 Å². The monoisotopic (exact) mass is 189 g/mol. The Morgan fingerprint density at radius 1 is 1.23 bits per heavy atom. The highest BCUT2D eigenvalue weighted by Crippen LogP contribution is 1.99. The molecular formula is C10H23NO2. The third-order valence-corrected chi connectivity index (χ3v) is 1.55. The van der Waals surface area contributed by atoms with Crippen LogP contribution in [0.4, 0.5) is 0 Å². The van der Waals surface area contributed by atoms with Crippen molar-refractivity contribution in [3.8, 4) is 0 Å². The number of hydrogen-bond acceptors (Lipinski definition) is 3. The van der Waals surface area contributed by atoms with Gasteiger partial charge in [-0.2, -0.15) is 0 Å². The van der Waals surface area contributed by atoms with Crippen LogP contribution in [0.1, 0.15) is 46.5 Å². The van der Waals surface area contributed by atoms with Crippen LogP contribution in [0.3, 0.4) is 0 Å². The van der Waals surface area contributed by atoms with E-state index in [0.717, 1.165) is 0 Å². The van der Waals surface area contributed by atoms with Gasteiger partial charge in [-0.05, 0) is 19.8 Å². The van der Waals surface area contributed by atoms with Crippen LogP contribution in [0, 0.1) is 0 Å². The highest BCUT2D eigenvalue weighted by atomic mass is 16.5. The first-order chi connectivity index (χ1) is 6.22. The van der Waals surface area contributed by atoms with Gasteiger partial charge in [-0.1, -0.05) is 26.7 Å². The van der Waals surface area contributed by atoms with E-state index in [-0.39, 0.29) is 0 Å². The Hall–Kier alpha value is -0.570. The Labute approximate surface area is 81.6 Å². The number of hydrogen-bond donors (Lipinski definition) is 1. The Kier molecular flexibility index (Phi) is 16.1. The molecule has 0 rings (SSSR count). The molecule has 3 heteroatoms. The zero-order valence-electron chi connectivity index (χ0n) is 9.08. The fraction of sp³-hybridized carbons (Fsp3) is 0.900. The fourth-order valence-corrected chi connectivity index (χ4v) is 0.954. The van der Waals surface area contributed by atoms with Crippen molar-refractivity contribution in [3.63, 3.8) is 0 Å². The van der Waals surface area contributed by atoms with Gasteiger partial charge in [-0.25, -0.2) is 0 Å². The molecule has 13 heavy (non-hydrogen) atoms. The molecule has 0 bridgehead atoms. The van der Waals surface area contributed by atoms with Crippen molar-refractivity contribution >= 4 is 6.47 Å². The molecule has 0 unspecified atom stereocenters. The quantitative estimate of drug-likeness (QED) is 0.651. The second-order valence-electron chi connectivity index (χ2n) is 2.89. The number of ether oxygens (including phenoxy) is 1. The number of nitrogens with two attached hydrogens (primary N) is 1. The van der Waals surface area contributed by atoms with E-state index in [2.05, 4.69) is 18.6 Å². The molecule has 0 aliphatic carbocycles. The number of carbonyl (C=O) groups excluding carboxylic acids is 1. The third-order valence-electron chi connectivity index (χ3n) is 1.55. The maximum atomic E-state index is 9.18. The van der Waals surface area contributed by atoms with Gasteiger partial charge in [0.05, 0.1) is 6.61 Å². The maximum Gasteiger partial charge on any atom is 0.293 e. The first-order valence-electron chi connectivity index (χ1n) is 5.03. The van der Waals surface area contributed by atoms with Crippen molar-refractivity contribution in [3.05, 3.63) is 0 Å². The molecule has 80 valence electrons. The summed E-state index contributed by atoms with van der Waals surface area (Å²) in [7, 11) is 0. The highest BCUT2D eigenvalue weighted by molar-refractivity contribution is 5.36. The van der Waals surface area contributed by atoms with Gasteiger partial charge in [0.25, 0.3) is 6.47 Å². The first kappa shape index (κ1) is 14.9. The lowest BCUT2D eigenvalue weighted by Gasteiger charge is -2.05. The highest BCUT2D eigenvalue weighted by Gasteiger charge is 1.95. The summed E-state index contributed by atoms with van der Waals surface area (Å²) in [5.74, 6) is 0. The largest absolute Gasteiger partial charge is 0.468 e. The Bertz CT molecular complexity index is 90.9. The van der Waals surface area contributed by atoms with Crippen LogP contribution in [-0.2, 0) is 9.53 Å². The lowest BCUT2D eigenvalue weighted by atomic mass is 10.1. The summed E-state index contributed by atoms with van der Waals surface area (Å²) in [6, 6.07) is 0.463. The van der Waals surface area contributed by atoms with Crippen LogP contribution in [0.5, 0.6) is 0 Å². The summed E-state index contributed by atoms with van der Waals surface area (Å²) in [6.45, 7) is 7.02. The molecule has 0 saturated carbocycles. The lowest BCUT2D eigenvalue weighted by Crippen LogP contribution is -2.18. The van der Waals surface area contributed by atoms with Crippen molar-refractivity contribution in [1.82, 2.24) is 0 Å². The molecule has 0 saturated heterocycles. The van der Waals surface area contributed by atoms with Crippen LogP contribution >= 0.6 is 0 Å². The van der Waals surface area contributed by atoms with E-state index in [1.54, 1.807) is 6.92 Å². The van der Waals surface area contributed by atoms with Crippen LogP contribution in [-0.4, -0.2) is 19.1 Å². The molecule has 0 radical (unpaired) electrons. The van der Waals surface area contributed by atoms with Crippen molar-refractivity contribution in [2.45, 2.75) is 52.5 Å². The molecule has 3 nitrogen and oxygen atoms in total. The molecule has 0 aromatic carbocycles. The van der Waals surface area contributed by atoms with Gasteiger partial charge in [0.15, 0.2) is 0 Å². The van der Waals surface area contributed by atoms with Crippen molar-refractivity contribution in [1.29, 1.82) is 0 Å². The topological polar surface area (TPSA) is 52.3 Å². The SMILES string of the molecule is CCCC(N)CCC.CCOC=O. The molecule has 0 aromatic heterocycles. The summed E-state index contributed by atoms with van der Waals surface area (Å²) in [4.78, 5) is 9.18. The summed E-state index contributed by atoms with van der Waals surface area (Å²) in [6.07, 6.45) is 4.82. The smallest absolute Gasteiger partial charge is 0.293 e. The molecule has 0 atom stereocenters. The second kappa shape index (κ2) is 14.0. The predicted molar refractivity (Wildman–Crippen MR) is 55.5 cm³/mol. The maximum absolute atomic E-state index is 9.18. The fourth-order valence-electron chi connectivity index (χ4n) is 0.954. The average Bonchev–Trinajstić information content (AvgIpc) is 2.08. The minimum Gasteiger partial charge on any atom is -0.468 e. The van der Waals surface area contributed by atoms with Gasteiger partial charge in [0, 0.05) is 6.04 Å². The molecule has 0 heterocycles. The van der Waals surface area contributed by atoms with Gasteiger partial charge in [-0.3, -0.25) is 4.79 Å². The summed E-state index contributed by atoms with van der Waals surface area (Å²) >= 11 is 0. The summed E-state index contributed by atoms with van der Waals surface area (Å²) in [5.41, 5.74) is 5.69. The van der Waals surface area contributed by atoms with E-state index in [9.17, 15) is 4.79 Å². The third kappa shape index (κ3) is 18.4. The lowest BCUT2D eigenvalue weighted by molar-refractivity contribution is -0.128. The molecule has 0 fully saturated rings.